The van der Waals surface area contributed by atoms with Crippen LogP contribution >= 0.6 is 11.6 Å². The summed E-state index contributed by atoms with van der Waals surface area (Å²) in [6, 6.07) is 18.4. The molecule has 4 rings (SSSR count). The molecule has 0 spiro atoms. The Kier molecular flexibility index (Phi) is 10.3. The summed E-state index contributed by atoms with van der Waals surface area (Å²) < 4.78 is 29.1. The summed E-state index contributed by atoms with van der Waals surface area (Å²) in [7, 11) is -4.15. The number of nitrogens with zero attached hydrogens (tertiary/aromatic N) is 2. The molecule has 3 aromatic rings. The van der Waals surface area contributed by atoms with Crippen LogP contribution in [0.3, 0.4) is 0 Å². The van der Waals surface area contributed by atoms with Crippen LogP contribution in [0.15, 0.2) is 71.6 Å². The number of amides is 2. The molecule has 0 heterocycles. The molecule has 0 aliphatic heterocycles. The molecule has 0 unspecified atom stereocenters. The predicted molar refractivity (Wildman–Crippen MR) is 168 cm³/mol. The van der Waals surface area contributed by atoms with Crippen LogP contribution in [0.4, 0.5) is 5.69 Å². The second-order valence-corrected chi connectivity index (χ2v) is 13.6. The van der Waals surface area contributed by atoms with E-state index < -0.39 is 28.5 Å². The van der Waals surface area contributed by atoms with Crippen LogP contribution in [-0.4, -0.2) is 43.8 Å². The molecule has 0 radical (unpaired) electrons. The van der Waals surface area contributed by atoms with Crippen molar-refractivity contribution in [1.82, 2.24) is 10.2 Å². The highest BCUT2D eigenvalue weighted by atomic mass is 35.5. The lowest BCUT2D eigenvalue weighted by Gasteiger charge is -2.33. The van der Waals surface area contributed by atoms with Crippen LogP contribution in [0.1, 0.15) is 61.3 Å². The third-order valence-corrected chi connectivity index (χ3v) is 10.1. The van der Waals surface area contributed by atoms with Gasteiger partial charge in [0.1, 0.15) is 12.6 Å². The molecule has 0 aromatic heterocycles. The van der Waals surface area contributed by atoms with Gasteiger partial charge in [-0.2, -0.15) is 0 Å². The third kappa shape index (κ3) is 7.72. The molecule has 224 valence electrons. The predicted octanol–water partition coefficient (Wildman–Crippen LogP) is 6.33. The molecular formula is C33H40ClN3O4S. The van der Waals surface area contributed by atoms with Gasteiger partial charge in [-0.15, -0.1) is 0 Å². The minimum Gasteiger partial charge on any atom is -0.352 e. The van der Waals surface area contributed by atoms with Gasteiger partial charge < -0.3 is 10.2 Å². The van der Waals surface area contributed by atoms with E-state index in [1.807, 2.05) is 45.0 Å². The minimum atomic E-state index is -4.15. The average Bonchev–Trinajstić information content (AvgIpc) is 2.97. The Morgan fingerprint density at radius 3 is 2.10 bits per heavy atom. The summed E-state index contributed by atoms with van der Waals surface area (Å²) in [6.45, 7) is 7.04. The molecule has 1 atom stereocenters. The average molecular weight is 610 g/mol. The zero-order chi connectivity index (χ0) is 30.4. The summed E-state index contributed by atoms with van der Waals surface area (Å²) in [5.74, 6) is -0.733. The Balaban J connectivity index is 1.69. The maximum atomic E-state index is 14.1. The Bertz CT molecular complexity index is 1500. The zero-order valence-electron chi connectivity index (χ0n) is 24.8. The van der Waals surface area contributed by atoms with Crippen molar-refractivity contribution in [2.24, 2.45) is 0 Å². The summed E-state index contributed by atoms with van der Waals surface area (Å²) in [5, 5.41) is 3.52. The van der Waals surface area contributed by atoms with E-state index >= 15 is 0 Å². The van der Waals surface area contributed by atoms with E-state index in [1.165, 1.54) is 17.0 Å². The number of nitrogens with one attached hydrogen (secondary N) is 1. The summed E-state index contributed by atoms with van der Waals surface area (Å²) in [6.07, 6.45) is 5.13. The van der Waals surface area contributed by atoms with Gasteiger partial charge in [0.15, 0.2) is 0 Å². The van der Waals surface area contributed by atoms with E-state index in [0.29, 0.717) is 5.02 Å². The van der Waals surface area contributed by atoms with Crippen molar-refractivity contribution in [1.29, 1.82) is 0 Å². The fourth-order valence-electron chi connectivity index (χ4n) is 5.14. The van der Waals surface area contributed by atoms with Crippen molar-refractivity contribution in [3.05, 3.63) is 94.0 Å². The number of hydrogen-bond donors (Lipinski definition) is 1. The van der Waals surface area contributed by atoms with E-state index in [-0.39, 0.29) is 29.1 Å². The number of sulfonamides is 1. The summed E-state index contributed by atoms with van der Waals surface area (Å²) >= 11 is 6.41. The first-order valence-corrected chi connectivity index (χ1v) is 16.3. The number of carbonyl (C=O) groups excluding carboxylic acids is 2. The Hall–Kier alpha value is -3.36. The SMILES string of the molecule is Cc1ccc(CN(C(=O)CN(c2ccc(C)c(Cl)c2)S(=O)(=O)c2ccc(C)cc2)[C@@H](C)C(=O)NC2CCCCC2)cc1. The number of hydrogen-bond acceptors (Lipinski definition) is 4. The number of halogens is 1. The monoisotopic (exact) mass is 609 g/mol. The maximum absolute atomic E-state index is 14.1. The first kappa shape index (κ1) is 31.6. The van der Waals surface area contributed by atoms with E-state index in [9.17, 15) is 18.0 Å². The van der Waals surface area contributed by atoms with E-state index in [2.05, 4.69) is 5.32 Å². The molecule has 0 saturated heterocycles. The highest BCUT2D eigenvalue weighted by molar-refractivity contribution is 7.92. The van der Waals surface area contributed by atoms with Gasteiger partial charge in [0.05, 0.1) is 10.6 Å². The first-order valence-electron chi connectivity index (χ1n) is 14.5. The maximum Gasteiger partial charge on any atom is 0.264 e. The van der Waals surface area contributed by atoms with E-state index in [1.54, 1.807) is 37.3 Å². The normalized spacial score (nSPS) is 14.7. The lowest BCUT2D eigenvalue weighted by Crippen LogP contribution is -2.53. The second kappa shape index (κ2) is 13.7. The smallest absolute Gasteiger partial charge is 0.264 e. The van der Waals surface area contributed by atoms with Crippen molar-refractivity contribution in [2.75, 3.05) is 10.8 Å². The van der Waals surface area contributed by atoms with Crippen LogP contribution in [0.2, 0.25) is 5.02 Å². The number of aryl methyl sites for hydroxylation is 3. The zero-order valence-corrected chi connectivity index (χ0v) is 26.3. The Morgan fingerprint density at radius 1 is 0.905 bits per heavy atom. The standard InChI is InChI=1S/C33H40ClN3O4S/c1-23-10-15-27(16-11-23)21-36(26(4)33(39)35-28-8-6-5-7-9-28)32(38)22-37(29-17-14-25(3)31(34)20-29)42(40,41)30-18-12-24(2)13-19-30/h10-20,26,28H,5-9,21-22H2,1-4H3,(H,35,39)/t26-/m0/s1. The largest absolute Gasteiger partial charge is 0.352 e. The summed E-state index contributed by atoms with van der Waals surface area (Å²) in [4.78, 5) is 29.1. The number of rotatable bonds is 10. The topological polar surface area (TPSA) is 86.8 Å². The lowest BCUT2D eigenvalue weighted by molar-refractivity contribution is -0.139. The van der Waals surface area contributed by atoms with Gasteiger partial charge in [-0.05, 0) is 75.9 Å². The quantitative estimate of drug-likeness (QED) is 0.291. The number of anilines is 1. The second-order valence-electron chi connectivity index (χ2n) is 11.3. The van der Waals surface area contributed by atoms with Gasteiger partial charge in [0.25, 0.3) is 10.0 Å². The van der Waals surface area contributed by atoms with Crippen molar-refractivity contribution in [3.63, 3.8) is 0 Å². The van der Waals surface area contributed by atoms with Crippen molar-refractivity contribution < 1.29 is 18.0 Å². The molecule has 1 fully saturated rings. The molecule has 7 nitrogen and oxygen atoms in total. The molecule has 1 N–H and O–H groups in total. The van der Waals surface area contributed by atoms with Gasteiger partial charge in [-0.1, -0.05) is 84.5 Å². The number of benzene rings is 3. The fourth-order valence-corrected chi connectivity index (χ4v) is 6.73. The fraction of sp³-hybridized carbons (Fsp3) is 0.394. The van der Waals surface area contributed by atoms with E-state index in [0.717, 1.165) is 58.7 Å². The van der Waals surface area contributed by atoms with Crippen LogP contribution in [-0.2, 0) is 26.2 Å². The van der Waals surface area contributed by atoms with Gasteiger partial charge >= 0.3 is 0 Å². The molecule has 1 aliphatic carbocycles. The van der Waals surface area contributed by atoms with Crippen molar-refractivity contribution in [3.8, 4) is 0 Å². The first-order chi connectivity index (χ1) is 20.0. The van der Waals surface area contributed by atoms with Gasteiger partial charge in [-0.3, -0.25) is 13.9 Å². The van der Waals surface area contributed by atoms with Crippen molar-refractivity contribution in [2.45, 2.75) is 83.3 Å². The molecule has 0 bridgehead atoms. The molecule has 42 heavy (non-hydrogen) atoms. The van der Waals surface area contributed by atoms with E-state index in [4.69, 9.17) is 11.6 Å². The molecular weight excluding hydrogens is 570 g/mol. The van der Waals surface area contributed by atoms with Gasteiger partial charge in [-0.25, -0.2) is 8.42 Å². The molecule has 1 aliphatic rings. The molecule has 9 heteroatoms. The lowest BCUT2D eigenvalue weighted by atomic mass is 9.95. The summed E-state index contributed by atoms with van der Waals surface area (Å²) in [5.41, 5.74) is 3.89. The number of carbonyl (C=O) groups is 2. The highest BCUT2D eigenvalue weighted by Crippen LogP contribution is 2.29. The van der Waals surface area contributed by atoms with Gasteiger partial charge in [0.2, 0.25) is 11.8 Å². The third-order valence-electron chi connectivity index (χ3n) is 7.92. The molecule has 1 saturated carbocycles. The molecule has 3 aromatic carbocycles. The minimum absolute atomic E-state index is 0.0609. The molecule has 2 amide bonds. The van der Waals surface area contributed by atoms with Crippen LogP contribution in [0.25, 0.3) is 0 Å². The van der Waals surface area contributed by atoms with Crippen molar-refractivity contribution >= 4 is 39.1 Å². The van der Waals surface area contributed by atoms with Crippen LogP contribution < -0.4 is 9.62 Å². The van der Waals surface area contributed by atoms with Crippen LogP contribution in [0.5, 0.6) is 0 Å². The highest BCUT2D eigenvalue weighted by Gasteiger charge is 2.33. The van der Waals surface area contributed by atoms with Crippen LogP contribution in [0, 0.1) is 20.8 Å². The van der Waals surface area contributed by atoms with Gasteiger partial charge in [0, 0.05) is 17.6 Å². The Labute approximate surface area is 254 Å². The Morgan fingerprint density at radius 2 is 1.50 bits per heavy atom.